The Morgan fingerprint density at radius 3 is 2.22 bits per heavy atom. The molecule has 0 aromatic carbocycles. The van der Waals surface area contributed by atoms with Gasteiger partial charge in [0.25, 0.3) is 0 Å². The predicted octanol–water partition coefficient (Wildman–Crippen LogP) is 3.99. The van der Waals surface area contributed by atoms with Gasteiger partial charge in [-0.15, -0.1) is 0 Å². The van der Waals surface area contributed by atoms with Crippen LogP contribution in [-0.2, 0) is 4.74 Å². The van der Waals surface area contributed by atoms with Gasteiger partial charge in [-0.25, -0.2) is 0 Å². The van der Waals surface area contributed by atoms with E-state index < -0.39 is 0 Å². The molecule has 1 N–H and O–H groups in total. The third-order valence-electron chi connectivity index (χ3n) is 4.56. The molecule has 5 unspecified atom stereocenters. The zero-order valence-corrected chi connectivity index (χ0v) is 13.0. The summed E-state index contributed by atoms with van der Waals surface area (Å²) in [5, 5.41) is 3.77. The quantitative estimate of drug-likeness (QED) is 0.662. The van der Waals surface area contributed by atoms with E-state index in [1.165, 1.54) is 32.1 Å². The van der Waals surface area contributed by atoms with Gasteiger partial charge in [-0.2, -0.15) is 0 Å². The summed E-state index contributed by atoms with van der Waals surface area (Å²) in [6.07, 6.45) is 7.37. The Hall–Kier alpha value is -0.0800. The standard InChI is InChI=1S/C16H33NO/c1-6-8-9-10-15(17-11-7-2)16-12(3)13(4)18-14(16)5/h12-17H,6-11H2,1-5H3. The largest absolute Gasteiger partial charge is 0.375 e. The molecule has 1 heterocycles. The summed E-state index contributed by atoms with van der Waals surface area (Å²) in [7, 11) is 0. The van der Waals surface area contributed by atoms with E-state index >= 15 is 0 Å². The van der Waals surface area contributed by atoms with Crippen LogP contribution in [0.1, 0.15) is 66.7 Å². The summed E-state index contributed by atoms with van der Waals surface area (Å²) >= 11 is 0. The van der Waals surface area contributed by atoms with Crippen LogP contribution < -0.4 is 5.32 Å². The molecule has 108 valence electrons. The van der Waals surface area contributed by atoms with Gasteiger partial charge in [0, 0.05) is 12.0 Å². The smallest absolute Gasteiger partial charge is 0.0597 e. The van der Waals surface area contributed by atoms with Gasteiger partial charge in [-0.3, -0.25) is 0 Å². The highest BCUT2D eigenvalue weighted by molar-refractivity contribution is 4.91. The molecule has 0 aromatic heterocycles. The van der Waals surface area contributed by atoms with E-state index in [0.717, 1.165) is 6.54 Å². The molecule has 5 atom stereocenters. The number of ether oxygens (including phenoxy) is 1. The normalized spacial score (nSPS) is 33.8. The van der Waals surface area contributed by atoms with Crippen LogP contribution in [0, 0.1) is 11.8 Å². The van der Waals surface area contributed by atoms with Gasteiger partial charge in [-0.05, 0) is 39.2 Å². The van der Waals surface area contributed by atoms with E-state index in [1.54, 1.807) is 0 Å². The van der Waals surface area contributed by atoms with Crippen molar-refractivity contribution in [2.45, 2.75) is 85.0 Å². The number of hydrogen-bond acceptors (Lipinski definition) is 2. The predicted molar refractivity (Wildman–Crippen MR) is 78.9 cm³/mol. The minimum absolute atomic E-state index is 0.408. The van der Waals surface area contributed by atoms with E-state index in [-0.39, 0.29) is 0 Å². The van der Waals surface area contributed by atoms with Crippen molar-refractivity contribution >= 4 is 0 Å². The number of rotatable bonds is 8. The van der Waals surface area contributed by atoms with Crippen molar-refractivity contribution in [3.05, 3.63) is 0 Å². The average Bonchev–Trinajstić information content (AvgIpc) is 2.59. The van der Waals surface area contributed by atoms with Crippen molar-refractivity contribution in [2.75, 3.05) is 6.54 Å². The van der Waals surface area contributed by atoms with Crippen LogP contribution in [0.3, 0.4) is 0 Å². The van der Waals surface area contributed by atoms with Crippen molar-refractivity contribution in [3.8, 4) is 0 Å². The molecule has 0 saturated carbocycles. The maximum absolute atomic E-state index is 6.01. The topological polar surface area (TPSA) is 21.3 Å². The third kappa shape index (κ3) is 4.24. The van der Waals surface area contributed by atoms with Crippen LogP contribution in [0.4, 0.5) is 0 Å². The summed E-state index contributed by atoms with van der Waals surface area (Å²) in [6, 6.07) is 0.645. The molecule has 1 fully saturated rings. The fourth-order valence-electron chi connectivity index (χ4n) is 3.36. The second kappa shape index (κ2) is 8.16. The molecule has 0 spiro atoms. The lowest BCUT2D eigenvalue weighted by atomic mass is 9.81. The van der Waals surface area contributed by atoms with Crippen molar-refractivity contribution in [1.82, 2.24) is 5.32 Å². The Bertz CT molecular complexity index is 219. The van der Waals surface area contributed by atoms with Gasteiger partial charge in [-0.1, -0.05) is 40.0 Å². The maximum Gasteiger partial charge on any atom is 0.0597 e. The minimum atomic E-state index is 0.408. The Morgan fingerprint density at radius 2 is 1.72 bits per heavy atom. The first-order valence-corrected chi connectivity index (χ1v) is 8.00. The zero-order chi connectivity index (χ0) is 13.5. The fraction of sp³-hybridized carbons (Fsp3) is 1.00. The molecule has 0 radical (unpaired) electrons. The van der Waals surface area contributed by atoms with E-state index in [4.69, 9.17) is 4.74 Å². The Balaban J connectivity index is 2.56. The first-order valence-electron chi connectivity index (χ1n) is 8.00. The molecular formula is C16H33NO. The number of nitrogens with one attached hydrogen (secondary N) is 1. The van der Waals surface area contributed by atoms with Gasteiger partial charge < -0.3 is 10.1 Å². The third-order valence-corrected chi connectivity index (χ3v) is 4.56. The summed E-state index contributed by atoms with van der Waals surface area (Å²) < 4.78 is 6.01. The van der Waals surface area contributed by atoms with Crippen molar-refractivity contribution < 1.29 is 4.74 Å². The lowest BCUT2D eigenvalue weighted by Crippen LogP contribution is -2.42. The average molecular weight is 255 g/mol. The first-order chi connectivity index (χ1) is 8.61. The van der Waals surface area contributed by atoms with Crippen molar-refractivity contribution in [3.63, 3.8) is 0 Å². The molecule has 2 nitrogen and oxygen atoms in total. The number of unbranched alkanes of at least 4 members (excludes halogenated alkanes) is 2. The molecule has 0 aliphatic carbocycles. The molecule has 18 heavy (non-hydrogen) atoms. The lowest BCUT2D eigenvalue weighted by Gasteiger charge is -2.30. The summed E-state index contributed by atoms with van der Waals surface area (Å²) in [4.78, 5) is 0. The zero-order valence-electron chi connectivity index (χ0n) is 13.0. The molecule has 0 amide bonds. The summed E-state index contributed by atoms with van der Waals surface area (Å²) in [6.45, 7) is 12.5. The highest BCUT2D eigenvalue weighted by Gasteiger charge is 2.40. The second-order valence-electron chi connectivity index (χ2n) is 6.04. The van der Waals surface area contributed by atoms with E-state index in [2.05, 4.69) is 39.9 Å². The Labute approximate surface area is 114 Å². The lowest BCUT2D eigenvalue weighted by molar-refractivity contribution is 0.0471. The molecule has 1 aliphatic rings. The van der Waals surface area contributed by atoms with Crippen LogP contribution in [0.25, 0.3) is 0 Å². The SMILES string of the molecule is CCCCCC(NCCC)C1C(C)OC(C)C1C. The van der Waals surface area contributed by atoms with Gasteiger partial charge in [0.2, 0.25) is 0 Å². The van der Waals surface area contributed by atoms with Crippen LogP contribution in [0.5, 0.6) is 0 Å². The second-order valence-corrected chi connectivity index (χ2v) is 6.04. The highest BCUT2D eigenvalue weighted by atomic mass is 16.5. The monoisotopic (exact) mass is 255 g/mol. The molecule has 0 aromatic rings. The number of hydrogen-bond donors (Lipinski definition) is 1. The summed E-state index contributed by atoms with van der Waals surface area (Å²) in [5.74, 6) is 1.36. The maximum atomic E-state index is 6.01. The van der Waals surface area contributed by atoms with Crippen LogP contribution in [-0.4, -0.2) is 24.8 Å². The minimum Gasteiger partial charge on any atom is -0.375 e. The Kier molecular flexibility index (Phi) is 7.25. The van der Waals surface area contributed by atoms with Gasteiger partial charge in [0.15, 0.2) is 0 Å². The molecule has 1 aliphatic heterocycles. The first kappa shape index (κ1) is 16.0. The molecule has 0 bridgehead atoms. The van der Waals surface area contributed by atoms with E-state index in [1.807, 2.05) is 0 Å². The Morgan fingerprint density at radius 1 is 1.00 bits per heavy atom. The molecule has 2 heteroatoms. The van der Waals surface area contributed by atoms with Crippen LogP contribution in [0.2, 0.25) is 0 Å². The van der Waals surface area contributed by atoms with Gasteiger partial charge >= 0.3 is 0 Å². The van der Waals surface area contributed by atoms with Crippen LogP contribution in [0.15, 0.2) is 0 Å². The molecule has 1 rings (SSSR count). The van der Waals surface area contributed by atoms with E-state index in [9.17, 15) is 0 Å². The highest BCUT2D eigenvalue weighted by Crippen LogP contribution is 2.36. The van der Waals surface area contributed by atoms with Crippen LogP contribution >= 0.6 is 0 Å². The van der Waals surface area contributed by atoms with E-state index in [0.29, 0.717) is 30.1 Å². The summed E-state index contributed by atoms with van der Waals surface area (Å²) in [5.41, 5.74) is 0. The van der Waals surface area contributed by atoms with Gasteiger partial charge in [0.1, 0.15) is 0 Å². The van der Waals surface area contributed by atoms with Gasteiger partial charge in [0.05, 0.1) is 12.2 Å². The molecular weight excluding hydrogens is 222 g/mol. The fourth-order valence-corrected chi connectivity index (χ4v) is 3.36. The van der Waals surface area contributed by atoms with Crippen molar-refractivity contribution in [1.29, 1.82) is 0 Å². The molecule has 1 saturated heterocycles. The van der Waals surface area contributed by atoms with Crippen molar-refractivity contribution in [2.24, 2.45) is 11.8 Å².